The summed E-state index contributed by atoms with van der Waals surface area (Å²) < 4.78 is 5.36. The smallest absolute Gasteiger partial charge is 0.269 e. The van der Waals surface area contributed by atoms with Crippen molar-refractivity contribution < 1.29 is 14.1 Å². The molecule has 0 saturated heterocycles. The highest BCUT2D eigenvalue weighted by molar-refractivity contribution is 5.94. The Labute approximate surface area is 144 Å². The predicted octanol–water partition coefficient (Wildman–Crippen LogP) is 4.03. The van der Waals surface area contributed by atoms with E-state index in [0.717, 1.165) is 5.56 Å². The van der Waals surface area contributed by atoms with Crippen LogP contribution in [0.2, 0.25) is 0 Å². The van der Waals surface area contributed by atoms with E-state index in [4.69, 9.17) is 4.42 Å². The highest BCUT2D eigenvalue weighted by Gasteiger charge is 2.18. The molecule has 3 rings (SSSR count). The Morgan fingerprint density at radius 3 is 2.28 bits per heavy atom. The van der Waals surface area contributed by atoms with E-state index in [1.165, 1.54) is 12.1 Å². The maximum atomic E-state index is 12.8. The number of carbonyl (C=O) groups is 1. The van der Waals surface area contributed by atoms with Crippen LogP contribution in [0.5, 0.6) is 0 Å². The van der Waals surface area contributed by atoms with Gasteiger partial charge >= 0.3 is 0 Å². The van der Waals surface area contributed by atoms with Gasteiger partial charge in [0, 0.05) is 24.2 Å². The van der Waals surface area contributed by atoms with E-state index in [-0.39, 0.29) is 11.6 Å². The summed E-state index contributed by atoms with van der Waals surface area (Å²) in [6, 6.07) is 18.8. The zero-order valence-electron chi connectivity index (χ0n) is 13.4. The van der Waals surface area contributed by atoms with Gasteiger partial charge in [0.15, 0.2) is 0 Å². The van der Waals surface area contributed by atoms with Crippen molar-refractivity contribution in [3.8, 4) is 0 Å². The minimum Gasteiger partial charge on any atom is -0.467 e. The first kappa shape index (κ1) is 16.4. The zero-order valence-corrected chi connectivity index (χ0v) is 13.4. The molecule has 0 atom stereocenters. The van der Waals surface area contributed by atoms with Crippen LogP contribution < -0.4 is 0 Å². The molecule has 0 N–H and O–H groups in total. The van der Waals surface area contributed by atoms with Crippen LogP contribution in [0.4, 0.5) is 5.69 Å². The topological polar surface area (TPSA) is 76.6 Å². The normalized spacial score (nSPS) is 10.4. The third-order valence-electron chi connectivity index (χ3n) is 3.76. The molecule has 1 heterocycles. The van der Waals surface area contributed by atoms with E-state index in [0.29, 0.717) is 24.4 Å². The van der Waals surface area contributed by atoms with Crippen molar-refractivity contribution in [3.63, 3.8) is 0 Å². The number of amides is 1. The van der Waals surface area contributed by atoms with Gasteiger partial charge in [0.1, 0.15) is 5.76 Å². The van der Waals surface area contributed by atoms with E-state index in [1.54, 1.807) is 47.6 Å². The molecule has 0 fully saturated rings. The Balaban J connectivity index is 1.83. The summed E-state index contributed by atoms with van der Waals surface area (Å²) >= 11 is 0. The second kappa shape index (κ2) is 7.44. The van der Waals surface area contributed by atoms with Gasteiger partial charge in [-0.15, -0.1) is 0 Å². The van der Waals surface area contributed by atoms with Gasteiger partial charge in [0.2, 0.25) is 0 Å². The van der Waals surface area contributed by atoms with Crippen LogP contribution in [0.3, 0.4) is 0 Å². The highest BCUT2D eigenvalue weighted by atomic mass is 16.6. The first-order chi connectivity index (χ1) is 12.1. The molecular formula is C19H16N2O4. The molecule has 6 heteroatoms. The van der Waals surface area contributed by atoms with Crippen molar-refractivity contribution in [2.45, 2.75) is 13.1 Å². The SMILES string of the molecule is O=C(c1ccccc1)N(Cc1ccc([N+](=O)[O-])cc1)Cc1ccco1. The highest BCUT2D eigenvalue weighted by Crippen LogP contribution is 2.17. The molecule has 0 bridgehead atoms. The Bertz CT molecular complexity index is 843. The molecule has 0 radical (unpaired) electrons. The fourth-order valence-electron chi connectivity index (χ4n) is 2.50. The molecule has 0 spiro atoms. The first-order valence-electron chi connectivity index (χ1n) is 7.73. The van der Waals surface area contributed by atoms with E-state index in [2.05, 4.69) is 0 Å². The number of nitro benzene ring substituents is 1. The van der Waals surface area contributed by atoms with Gasteiger partial charge in [-0.05, 0) is 29.8 Å². The fraction of sp³-hybridized carbons (Fsp3) is 0.105. The summed E-state index contributed by atoms with van der Waals surface area (Å²) in [6.07, 6.45) is 1.56. The molecule has 1 amide bonds. The number of carbonyl (C=O) groups excluding carboxylic acids is 1. The van der Waals surface area contributed by atoms with Crippen molar-refractivity contribution in [1.29, 1.82) is 0 Å². The van der Waals surface area contributed by atoms with Crippen molar-refractivity contribution in [2.75, 3.05) is 0 Å². The fourth-order valence-corrected chi connectivity index (χ4v) is 2.50. The van der Waals surface area contributed by atoms with E-state index in [1.807, 2.05) is 18.2 Å². The summed E-state index contributed by atoms with van der Waals surface area (Å²) in [5.41, 5.74) is 1.41. The van der Waals surface area contributed by atoms with Crippen LogP contribution in [-0.2, 0) is 13.1 Å². The summed E-state index contributed by atoms with van der Waals surface area (Å²) in [5, 5.41) is 10.8. The number of rotatable bonds is 6. The van der Waals surface area contributed by atoms with Gasteiger partial charge in [-0.1, -0.05) is 30.3 Å². The van der Waals surface area contributed by atoms with Crippen LogP contribution in [0.25, 0.3) is 0 Å². The standard InChI is InChI=1S/C19H16N2O4/c22-19(16-5-2-1-3-6-16)20(14-18-7-4-12-25-18)13-15-8-10-17(11-9-15)21(23)24/h1-12H,13-14H2. The molecule has 0 aliphatic carbocycles. The van der Waals surface area contributed by atoms with Gasteiger partial charge in [-0.25, -0.2) is 0 Å². The molecule has 1 aromatic heterocycles. The van der Waals surface area contributed by atoms with Crippen LogP contribution in [0, 0.1) is 10.1 Å². The minimum atomic E-state index is -0.445. The summed E-state index contributed by atoms with van der Waals surface area (Å²) in [7, 11) is 0. The molecule has 25 heavy (non-hydrogen) atoms. The largest absolute Gasteiger partial charge is 0.467 e. The third-order valence-corrected chi connectivity index (χ3v) is 3.76. The number of benzene rings is 2. The molecule has 6 nitrogen and oxygen atoms in total. The number of furan rings is 1. The Morgan fingerprint density at radius 2 is 1.68 bits per heavy atom. The van der Waals surface area contributed by atoms with Crippen molar-refractivity contribution in [3.05, 3.63) is 100.0 Å². The Kier molecular flexibility index (Phi) is 4.89. The number of nitrogens with zero attached hydrogens (tertiary/aromatic N) is 2. The van der Waals surface area contributed by atoms with Crippen LogP contribution in [-0.4, -0.2) is 15.7 Å². The molecule has 126 valence electrons. The van der Waals surface area contributed by atoms with Crippen molar-refractivity contribution in [1.82, 2.24) is 4.90 Å². The van der Waals surface area contributed by atoms with Crippen LogP contribution in [0.15, 0.2) is 77.4 Å². The predicted molar refractivity (Wildman–Crippen MR) is 91.8 cm³/mol. The number of hydrogen-bond donors (Lipinski definition) is 0. The first-order valence-corrected chi connectivity index (χ1v) is 7.73. The lowest BCUT2D eigenvalue weighted by Gasteiger charge is -2.22. The summed E-state index contributed by atoms with van der Waals surface area (Å²) in [6.45, 7) is 0.643. The Morgan fingerprint density at radius 1 is 0.960 bits per heavy atom. The molecule has 0 saturated carbocycles. The molecule has 2 aromatic carbocycles. The van der Waals surface area contributed by atoms with Gasteiger partial charge < -0.3 is 9.32 Å². The monoisotopic (exact) mass is 336 g/mol. The minimum absolute atomic E-state index is 0.0238. The van der Waals surface area contributed by atoms with Crippen LogP contribution >= 0.6 is 0 Å². The van der Waals surface area contributed by atoms with Crippen LogP contribution in [0.1, 0.15) is 21.7 Å². The Hall–Kier alpha value is -3.41. The summed E-state index contributed by atoms with van der Waals surface area (Å²) in [5.74, 6) is 0.543. The average Bonchev–Trinajstić information content (AvgIpc) is 3.15. The lowest BCUT2D eigenvalue weighted by atomic mass is 10.1. The van der Waals surface area contributed by atoms with E-state index < -0.39 is 4.92 Å². The molecular weight excluding hydrogens is 320 g/mol. The second-order valence-electron chi connectivity index (χ2n) is 5.53. The lowest BCUT2D eigenvalue weighted by molar-refractivity contribution is -0.384. The van der Waals surface area contributed by atoms with Gasteiger partial charge in [-0.2, -0.15) is 0 Å². The molecule has 0 aliphatic heterocycles. The van der Waals surface area contributed by atoms with Gasteiger partial charge in [0.05, 0.1) is 17.7 Å². The number of non-ortho nitro benzene ring substituents is 1. The number of nitro groups is 1. The van der Waals surface area contributed by atoms with Crippen molar-refractivity contribution in [2.24, 2.45) is 0 Å². The molecule has 3 aromatic rings. The average molecular weight is 336 g/mol. The lowest BCUT2D eigenvalue weighted by Crippen LogP contribution is -2.30. The molecule has 0 unspecified atom stereocenters. The van der Waals surface area contributed by atoms with Gasteiger partial charge in [0.25, 0.3) is 11.6 Å². The van der Waals surface area contributed by atoms with E-state index in [9.17, 15) is 14.9 Å². The van der Waals surface area contributed by atoms with E-state index >= 15 is 0 Å². The van der Waals surface area contributed by atoms with Gasteiger partial charge in [-0.3, -0.25) is 14.9 Å². The zero-order chi connectivity index (χ0) is 17.6. The maximum absolute atomic E-state index is 12.8. The number of hydrogen-bond acceptors (Lipinski definition) is 4. The quantitative estimate of drug-likeness (QED) is 0.503. The summed E-state index contributed by atoms with van der Waals surface area (Å²) in [4.78, 5) is 24.8. The maximum Gasteiger partial charge on any atom is 0.269 e. The van der Waals surface area contributed by atoms with Crippen molar-refractivity contribution >= 4 is 11.6 Å². The third kappa shape index (κ3) is 4.11. The molecule has 0 aliphatic rings. The second-order valence-corrected chi connectivity index (χ2v) is 5.53.